The molecule has 0 saturated carbocycles. The summed E-state index contributed by atoms with van der Waals surface area (Å²) in [6, 6.07) is 7.82. The third-order valence-electron chi connectivity index (χ3n) is 3.58. The number of alkyl halides is 3. The predicted octanol–water partition coefficient (Wildman–Crippen LogP) is 5.02. The average Bonchev–Trinajstić information content (AvgIpc) is 3.14. The molecule has 0 aliphatic heterocycles. The summed E-state index contributed by atoms with van der Waals surface area (Å²) in [5.41, 5.74) is -0.229. The van der Waals surface area contributed by atoms with Gasteiger partial charge in [-0.2, -0.15) is 13.2 Å². The van der Waals surface area contributed by atoms with Gasteiger partial charge in [-0.15, -0.1) is 0 Å². The molecule has 2 N–H and O–H groups in total. The van der Waals surface area contributed by atoms with Gasteiger partial charge in [-0.1, -0.05) is 11.6 Å². The lowest BCUT2D eigenvalue weighted by molar-refractivity contribution is -0.137. The number of rotatable bonds is 5. The van der Waals surface area contributed by atoms with Crippen LogP contribution in [0, 0.1) is 0 Å². The van der Waals surface area contributed by atoms with Crippen LogP contribution in [0.1, 0.15) is 21.7 Å². The first kappa shape index (κ1) is 18.8. The number of nitrogens with one attached hydrogen (secondary N) is 2. The maximum absolute atomic E-state index is 12.9. The molecule has 140 valence electrons. The molecule has 1 aromatic carbocycles. The van der Waals surface area contributed by atoms with E-state index in [0.29, 0.717) is 11.4 Å². The number of hydrogen-bond acceptors (Lipinski definition) is 4. The molecule has 0 unspecified atom stereocenters. The molecule has 2 heterocycles. The first-order valence-electron chi connectivity index (χ1n) is 7.72. The lowest BCUT2D eigenvalue weighted by atomic mass is 10.2. The number of hydrogen-bond donors (Lipinski definition) is 2. The van der Waals surface area contributed by atoms with Crippen molar-refractivity contribution in [2.24, 2.45) is 0 Å². The van der Waals surface area contributed by atoms with E-state index in [1.54, 1.807) is 12.1 Å². The summed E-state index contributed by atoms with van der Waals surface area (Å²) in [6.45, 7) is 0.197. The number of carbonyl (C=O) groups excluding carboxylic acids is 1. The molecule has 3 rings (SSSR count). The highest BCUT2D eigenvalue weighted by molar-refractivity contribution is 6.33. The van der Waals surface area contributed by atoms with Crippen LogP contribution >= 0.6 is 11.6 Å². The number of anilines is 2. The highest BCUT2D eigenvalue weighted by Crippen LogP contribution is 2.34. The van der Waals surface area contributed by atoms with E-state index in [1.165, 1.54) is 24.7 Å². The number of furan rings is 1. The monoisotopic (exact) mass is 395 g/mol. The van der Waals surface area contributed by atoms with E-state index in [2.05, 4.69) is 15.6 Å². The van der Waals surface area contributed by atoms with Crippen molar-refractivity contribution in [3.8, 4) is 0 Å². The zero-order valence-corrected chi connectivity index (χ0v) is 14.4. The van der Waals surface area contributed by atoms with Crippen LogP contribution in [0.5, 0.6) is 0 Å². The van der Waals surface area contributed by atoms with Gasteiger partial charge in [0.2, 0.25) is 0 Å². The van der Waals surface area contributed by atoms with Gasteiger partial charge in [0.1, 0.15) is 5.76 Å². The lowest BCUT2D eigenvalue weighted by Gasteiger charge is -2.13. The summed E-state index contributed by atoms with van der Waals surface area (Å²) < 4.78 is 43.7. The van der Waals surface area contributed by atoms with Crippen LogP contribution in [-0.4, -0.2) is 10.9 Å². The second-order valence-corrected chi connectivity index (χ2v) is 5.95. The third-order valence-corrected chi connectivity index (χ3v) is 3.91. The van der Waals surface area contributed by atoms with Crippen molar-refractivity contribution in [2.45, 2.75) is 12.7 Å². The van der Waals surface area contributed by atoms with Gasteiger partial charge in [-0.3, -0.25) is 9.78 Å². The van der Waals surface area contributed by atoms with Crippen LogP contribution in [0.25, 0.3) is 0 Å². The molecule has 0 fully saturated rings. The Balaban J connectivity index is 1.75. The Labute approximate surface area is 157 Å². The summed E-state index contributed by atoms with van der Waals surface area (Å²) >= 11 is 5.97. The number of carbonyl (C=O) groups is 1. The van der Waals surface area contributed by atoms with Gasteiger partial charge in [0.05, 0.1) is 46.5 Å². The van der Waals surface area contributed by atoms with Crippen molar-refractivity contribution in [3.05, 3.63) is 77.0 Å². The standard InChI is InChI=1S/C18H13ClF3N3O2/c19-15-4-3-12(18(20,21)22)7-16(15)25-13-6-11(8-23-9-13)17(26)24-10-14-2-1-5-27-14/h1-9,25H,10H2,(H,24,26). The van der Waals surface area contributed by atoms with Gasteiger partial charge >= 0.3 is 6.18 Å². The van der Waals surface area contributed by atoms with Gasteiger partial charge in [0.15, 0.2) is 0 Å². The normalized spacial score (nSPS) is 11.3. The Hall–Kier alpha value is -3.00. The molecule has 27 heavy (non-hydrogen) atoms. The van der Waals surface area contributed by atoms with Crippen molar-refractivity contribution in [3.63, 3.8) is 0 Å². The molecule has 5 nitrogen and oxygen atoms in total. The zero-order chi connectivity index (χ0) is 19.4. The van der Waals surface area contributed by atoms with Gasteiger partial charge in [-0.05, 0) is 36.4 Å². The SMILES string of the molecule is O=C(NCc1ccco1)c1cncc(Nc2cc(C(F)(F)F)ccc2Cl)c1. The van der Waals surface area contributed by atoms with E-state index in [1.807, 2.05) is 0 Å². The van der Waals surface area contributed by atoms with E-state index >= 15 is 0 Å². The van der Waals surface area contributed by atoms with E-state index in [9.17, 15) is 18.0 Å². The van der Waals surface area contributed by atoms with E-state index in [4.69, 9.17) is 16.0 Å². The molecular formula is C18H13ClF3N3O2. The molecule has 0 aliphatic carbocycles. The quantitative estimate of drug-likeness (QED) is 0.636. The number of pyridine rings is 1. The number of benzene rings is 1. The van der Waals surface area contributed by atoms with Gasteiger partial charge in [0, 0.05) is 6.20 Å². The van der Waals surface area contributed by atoms with Crippen molar-refractivity contribution < 1.29 is 22.4 Å². The van der Waals surface area contributed by atoms with Crippen molar-refractivity contribution in [2.75, 3.05) is 5.32 Å². The van der Waals surface area contributed by atoms with Crippen LogP contribution < -0.4 is 10.6 Å². The van der Waals surface area contributed by atoms with E-state index < -0.39 is 17.6 Å². The smallest absolute Gasteiger partial charge is 0.416 e. The molecule has 0 atom stereocenters. The van der Waals surface area contributed by atoms with Crippen LogP contribution in [0.4, 0.5) is 24.5 Å². The van der Waals surface area contributed by atoms with Gasteiger partial charge in [-0.25, -0.2) is 0 Å². The van der Waals surface area contributed by atoms with Crippen LogP contribution in [0.15, 0.2) is 59.5 Å². The fourth-order valence-corrected chi connectivity index (χ4v) is 2.43. The highest BCUT2D eigenvalue weighted by Gasteiger charge is 2.31. The molecule has 0 radical (unpaired) electrons. The van der Waals surface area contributed by atoms with Gasteiger partial charge < -0.3 is 15.1 Å². The third kappa shape index (κ3) is 4.79. The van der Waals surface area contributed by atoms with Crippen LogP contribution in [-0.2, 0) is 12.7 Å². The molecule has 9 heteroatoms. The van der Waals surface area contributed by atoms with Crippen molar-refractivity contribution >= 4 is 28.9 Å². The summed E-state index contributed by atoms with van der Waals surface area (Å²) in [6.07, 6.45) is -0.282. The Morgan fingerprint density at radius 3 is 2.70 bits per heavy atom. The topological polar surface area (TPSA) is 67.2 Å². The number of amides is 1. The first-order valence-corrected chi connectivity index (χ1v) is 8.10. The Kier molecular flexibility index (Phi) is 5.36. The van der Waals surface area contributed by atoms with Crippen LogP contribution in [0.2, 0.25) is 5.02 Å². The largest absolute Gasteiger partial charge is 0.467 e. The zero-order valence-electron chi connectivity index (χ0n) is 13.7. The highest BCUT2D eigenvalue weighted by atomic mass is 35.5. The average molecular weight is 396 g/mol. The molecule has 0 aliphatic rings. The van der Waals surface area contributed by atoms with Crippen molar-refractivity contribution in [1.29, 1.82) is 0 Å². The molecule has 0 spiro atoms. The Bertz CT molecular complexity index is 943. The fraction of sp³-hybridized carbons (Fsp3) is 0.111. The number of aromatic nitrogens is 1. The Morgan fingerprint density at radius 1 is 1.19 bits per heavy atom. The number of halogens is 4. The summed E-state index contributed by atoms with van der Waals surface area (Å²) in [5, 5.41) is 5.52. The minimum Gasteiger partial charge on any atom is -0.467 e. The molecule has 0 saturated heterocycles. The predicted molar refractivity (Wildman–Crippen MR) is 93.9 cm³/mol. The van der Waals surface area contributed by atoms with Gasteiger partial charge in [0.25, 0.3) is 5.91 Å². The second kappa shape index (κ2) is 7.71. The van der Waals surface area contributed by atoms with E-state index in [-0.39, 0.29) is 22.8 Å². The summed E-state index contributed by atoms with van der Waals surface area (Å²) in [4.78, 5) is 16.1. The first-order chi connectivity index (χ1) is 12.8. The molecular weight excluding hydrogens is 383 g/mol. The summed E-state index contributed by atoms with van der Waals surface area (Å²) in [7, 11) is 0. The molecule has 1 amide bonds. The maximum atomic E-state index is 12.9. The minimum atomic E-state index is -4.49. The number of nitrogens with zero attached hydrogens (tertiary/aromatic N) is 1. The fourth-order valence-electron chi connectivity index (χ4n) is 2.27. The Morgan fingerprint density at radius 2 is 2.00 bits per heavy atom. The summed E-state index contributed by atoms with van der Waals surface area (Å²) in [5.74, 6) is 0.180. The minimum absolute atomic E-state index is 0.0569. The maximum Gasteiger partial charge on any atom is 0.416 e. The second-order valence-electron chi connectivity index (χ2n) is 5.54. The molecule has 3 aromatic rings. The van der Waals surface area contributed by atoms with Crippen molar-refractivity contribution in [1.82, 2.24) is 10.3 Å². The lowest BCUT2D eigenvalue weighted by Crippen LogP contribution is -2.22. The molecule has 2 aromatic heterocycles. The van der Waals surface area contributed by atoms with Crippen LogP contribution in [0.3, 0.4) is 0 Å². The van der Waals surface area contributed by atoms with E-state index in [0.717, 1.165) is 18.2 Å². The molecule has 0 bridgehead atoms.